The van der Waals surface area contributed by atoms with Gasteiger partial charge in [-0.05, 0) is 35.8 Å². The number of hydrogen-bond donors (Lipinski definition) is 0. The summed E-state index contributed by atoms with van der Waals surface area (Å²) in [6.45, 7) is 1.00. The van der Waals surface area contributed by atoms with Crippen LogP contribution in [-0.4, -0.2) is 4.37 Å². The highest BCUT2D eigenvalue weighted by Crippen LogP contribution is 2.33. The highest BCUT2D eigenvalue weighted by molar-refractivity contribution is 7.10. The molecule has 0 aliphatic rings. The van der Waals surface area contributed by atoms with Gasteiger partial charge in [0.2, 0.25) is 0 Å². The molecule has 0 aliphatic heterocycles. The van der Waals surface area contributed by atoms with E-state index in [-0.39, 0.29) is 5.15 Å². The smallest absolute Gasteiger partial charge is 0.162 e. The SMILES string of the molecule is N#Cc1c(Cl)nsc1N(Cc1ccco1)Cc1ccco1. The van der Waals surface area contributed by atoms with Crippen molar-refractivity contribution in [1.82, 2.24) is 4.37 Å². The number of aromatic nitrogens is 1. The molecule has 21 heavy (non-hydrogen) atoms. The van der Waals surface area contributed by atoms with Crippen LogP contribution in [0.4, 0.5) is 5.00 Å². The van der Waals surface area contributed by atoms with Crippen LogP contribution in [-0.2, 0) is 13.1 Å². The number of nitrogens with zero attached hydrogens (tertiary/aromatic N) is 3. The van der Waals surface area contributed by atoms with E-state index in [0.29, 0.717) is 23.7 Å². The summed E-state index contributed by atoms with van der Waals surface area (Å²) in [5.74, 6) is 1.57. The fourth-order valence-electron chi connectivity index (χ4n) is 1.95. The number of anilines is 1. The first-order chi connectivity index (χ1) is 10.3. The fraction of sp³-hybridized carbons (Fsp3) is 0.143. The third kappa shape index (κ3) is 2.94. The Bertz CT molecular complexity index is 708. The van der Waals surface area contributed by atoms with Crippen molar-refractivity contribution in [3.05, 3.63) is 59.0 Å². The Morgan fingerprint density at radius 2 is 1.81 bits per heavy atom. The van der Waals surface area contributed by atoms with E-state index >= 15 is 0 Å². The van der Waals surface area contributed by atoms with Crippen LogP contribution in [0.15, 0.2) is 45.6 Å². The zero-order valence-corrected chi connectivity index (χ0v) is 12.4. The Kier molecular flexibility index (Phi) is 3.95. The summed E-state index contributed by atoms with van der Waals surface area (Å²) in [5, 5.41) is 10.2. The zero-order valence-electron chi connectivity index (χ0n) is 10.8. The van der Waals surface area contributed by atoms with Crippen molar-refractivity contribution < 1.29 is 8.83 Å². The van der Waals surface area contributed by atoms with E-state index in [2.05, 4.69) is 10.4 Å². The third-order valence-corrected chi connectivity index (χ3v) is 4.17. The Morgan fingerprint density at radius 1 is 1.19 bits per heavy atom. The molecule has 3 rings (SSSR count). The molecule has 3 aromatic heterocycles. The zero-order chi connectivity index (χ0) is 14.7. The molecule has 7 heteroatoms. The van der Waals surface area contributed by atoms with Crippen molar-refractivity contribution in [3.63, 3.8) is 0 Å². The van der Waals surface area contributed by atoms with Crippen LogP contribution in [0.5, 0.6) is 0 Å². The summed E-state index contributed by atoms with van der Waals surface area (Å²) in [6, 6.07) is 9.50. The van der Waals surface area contributed by atoms with E-state index in [0.717, 1.165) is 11.5 Å². The van der Waals surface area contributed by atoms with E-state index in [1.165, 1.54) is 11.5 Å². The van der Waals surface area contributed by atoms with Gasteiger partial charge in [-0.3, -0.25) is 0 Å². The molecule has 0 fully saturated rings. The van der Waals surface area contributed by atoms with Crippen LogP contribution in [0.25, 0.3) is 0 Å². The van der Waals surface area contributed by atoms with E-state index in [4.69, 9.17) is 20.4 Å². The molecule has 0 aromatic carbocycles. The lowest BCUT2D eigenvalue weighted by Crippen LogP contribution is -2.21. The van der Waals surface area contributed by atoms with Gasteiger partial charge < -0.3 is 13.7 Å². The average Bonchev–Trinajstić information content (AvgIpc) is 3.19. The molecular formula is C14H10ClN3O2S. The van der Waals surface area contributed by atoms with Gasteiger partial charge in [-0.2, -0.15) is 9.64 Å². The number of hydrogen-bond acceptors (Lipinski definition) is 6. The fourth-order valence-corrected chi connectivity index (χ4v) is 2.98. The molecule has 3 aromatic rings. The monoisotopic (exact) mass is 319 g/mol. The van der Waals surface area contributed by atoms with Crippen molar-refractivity contribution >= 4 is 28.1 Å². The third-order valence-electron chi connectivity index (χ3n) is 2.89. The number of nitriles is 1. The molecule has 0 bridgehead atoms. The largest absolute Gasteiger partial charge is 0.467 e. The van der Waals surface area contributed by atoms with Gasteiger partial charge in [-0.15, -0.1) is 0 Å². The Hall–Kier alpha value is -2.23. The van der Waals surface area contributed by atoms with E-state index < -0.39 is 0 Å². The molecule has 3 heterocycles. The molecule has 0 spiro atoms. The highest BCUT2D eigenvalue weighted by Gasteiger charge is 2.20. The Morgan fingerprint density at radius 3 is 2.29 bits per heavy atom. The van der Waals surface area contributed by atoms with Gasteiger partial charge in [0.15, 0.2) is 5.15 Å². The molecule has 0 N–H and O–H groups in total. The topological polar surface area (TPSA) is 66.2 Å². The van der Waals surface area contributed by atoms with Gasteiger partial charge in [-0.25, -0.2) is 0 Å². The van der Waals surface area contributed by atoms with Crippen molar-refractivity contribution in [3.8, 4) is 6.07 Å². The predicted molar refractivity (Wildman–Crippen MR) is 79.1 cm³/mol. The number of rotatable bonds is 5. The summed E-state index contributed by atoms with van der Waals surface area (Å²) in [4.78, 5) is 1.96. The molecule has 0 saturated heterocycles. The summed E-state index contributed by atoms with van der Waals surface area (Å²) in [6.07, 6.45) is 3.23. The van der Waals surface area contributed by atoms with E-state index in [1.807, 2.05) is 29.2 Å². The summed E-state index contributed by atoms with van der Waals surface area (Å²) in [5.41, 5.74) is 0.375. The van der Waals surface area contributed by atoms with E-state index in [1.54, 1.807) is 12.5 Å². The first-order valence-electron chi connectivity index (χ1n) is 6.13. The van der Waals surface area contributed by atoms with Crippen LogP contribution in [0.2, 0.25) is 5.15 Å². The molecular weight excluding hydrogens is 310 g/mol. The van der Waals surface area contributed by atoms with Gasteiger partial charge in [0.1, 0.15) is 28.2 Å². The lowest BCUT2D eigenvalue weighted by Gasteiger charge is -2.20. The molecule has 0 aliphatic carbocycles. The standard InChI is InChI=1S/C14H10ClN3O2S/c15-13-12(7-16)14(21-17-13)18(8-10-3-1-5-19-10)9-11-4-2-6-20-11/h1-6H,8-9H2. The van der Waals surface area contributed by atoms with Crippen LogP contribution >= 0.6 is 23.1 Å². The highest BCUT2D eigenvalue weighted by atomic mass is 35.5. The quantitative estimate of drug-likeness (QED) is 0.709. The van der Waals surface area contributed by atoms with Gasteiger partial charge in [-0.1, -0.05) is 11.6 Å². The van der Waals surface area contributed by atoms with Crippen molar-refractivity contribution in [2.45, 2.75) is 13.1 Å². The minimum Gasteiger partial charge on any atom is -0.467 e. The second-order valence-electron chi connectivity index (χ2n) is 4.28. The molecule has 0 amide bonds. The van der Waals surface area contributed by atoms with Crippen molar-refractivity contribution in [2.75, 3.05) is 4.90 Å². The van der Waals surface area contributed by atoms with Crippen molar-refractivity contribution in [1.29, 1.82) is 5.26 Å². The lowest BCUT2D eigenvalue weighted by molar-refractivity contribution is 0.477. The number of furan rings is 2. The second-order valence-corrected chi connectivity index (χ2v) is 5.39. The normalized spacial score (nSPS) is 10.5. The van der Waals surface area contributed by atoms with Crippen LogP contribution in [0.1, 0.15) is 17.1 Å². The summed E-state index contributed by atoms with van der Waals surface area (Å²) in [7, 11) is 0. The minimum absolute atomic E-state index is 0.224. The van der Waals surface area contributed by atoms with Crippen LogP contribution < -0.4 is 4.90 Å². The van der Waals surface area contributed by atoms with Crippen LogP contribution in [0, 0.1) is 11.3 Å². The molecule has 0 radical (unpaired) electrons. The van der Waals surface area contributed by atoms with E-state index in [9.17, 15) is 5.26 Å². The van der Waals surface area contributed by atoms with Crippen LogP contribution in [0.3, 0.4) is 0 Å². The average molecular weight is 320 g/mol. The number of halogens is 1. The maximum absolute atomic E-state index is 9.25. The molecule has 0 saturated carbocycles. The van der Waals surface area contributed by atoms with Gasteiger partial charge in [0.05, 0.1) is 25.6 Å². The Balaban J connectivity index is 1.93. The molecule has 0 unspecified atom stereocenters. The van der Waals surface area contributed by atoms with Gasteiger partial charge >= 0.3 is 0 Å². The molecule has 106 valence electrons. The first kappa shape index (κ1) is 13.7. The molecule has 5 nitrogen and oxygen atoms in total. The second kappa shape index (κ2) is 6.04. The predicted octanol–water partition coefficient (Wildman–Crippen LogP) is 4.06. The van der Waals surface area contributed by atoms with Gasteiger partial charge in [0, 0.05) is 0 Å². The lowest BCUT2D eigenvalue weighted by atomic mass is 10.3. The van der Waals surface area contributed by atoms with Crippen molar-refractivity contribution in [2.24, 2.45) is 0 Å². The summed E-state index contributed by atoms with van der Waals surface area (Å²) < 4.78 is 14.8. The van der Waals surface area contributed by atoms with Gasteiger partial charge in [0.25, 0.3) is 0 Å². The minimum atomic E-state index is 0.224. The summed E-state index contributed by atoms with van der Waals surface area (Å²) >= 11 is 7.15. The maximum Gasteiger partial charge on any atom is 0.162 e. The molecule has 0 atom stereocenters. The maximum atomic E-state index is 9.25. The Labute approximate surface area is 130 Å². The first-order valence-corrected chi connectivity index (χ1v) is 7.28.